The summed E-state index contributed by atoms with van der Waals surface area (Å²) >= 11 is 0. The molecule has 1 aromatic carbocycles. The fraction of sp³-hybridized carbons (Fsp3) is 0.632. The van der Waals surface area contributed by atoms with E-state index in [9.17, 15) is 13.2 Å². The maximum absolute atomic E-state index is 12.9. The lowest BCUT2D eigenvalue weighted by molar-refractivity contribution is 0.0761. The molecular weight excluding hydrogens is 336 g/mol. The first-order chi connectivity index (χ1) is 12.0. The van der Waals surface area contributed by atoms with Gasteiger partial charge in [0.05, 0.1) is 4.90 Å². The Balaban J connectivity index is 1.81. The number of carbonyl (C=O) groups excluding carboxylic acids is 1. The molecule has 0 N–H and O–H groups in total. The van der Waals surface area contributed by atoms with Crippen LogP contribution in [0.2, 0.25) is 0 Å². The van der Waals surface area contributed by atoms with Gasteiger partial charge in [-0.1, -0.05) is 25.8 Å². The zero-order valence-electron chi connectivity index (χ0n) is 15.0. The maximum Gasteiger partial charge on any atom is 0.253 e. The van der Waals surface area contributed by atoms with E-state index < -0.39 is 10.0 Å². The SMILES string of the molecule is CC1CCCN(S(=O)(=O)c2cccc(C(=O)N3CCCCCC3)c2)C1. The molecule has 0 spiro atoms. The summed E-state index contributed by atoms with van der Waals surface area (Å²) in [4.78, 5) is 14.9. The van der Waals surface area contributed by atoms with Crippen molar-refractivity contribution in [3.05, 3.63) is 29.8 Å². The first-order valence-corrected chi connectivity index (χ1v) is 10.8. The molecule has 5 nitrogen and oxygen atoms in total. The van der Waals surface area contributed by atoms with Gasteiger partial charge in [0.15, 0.2) is 0 Å². The van der Waals surface area contributed by atoms with Crippen LogP contribution in [0.1, 0.15) is 55.8 Å². The van der Waals surface area contributed by atoms with Crippen molar-refractivity contribution < 1.29 is 13.2 Å². The summed E-state index contributed by atoms with van der Waals surface area (Å²) in [6, 6.07) is 6.58. The summed E-state index contributed by atoms with van der Waals surface area (Å²) < 4.78 is 27.4. The normalized spacial score (nSPS) is 23.2. The molecule has 0 aromatic heterocycles. The molecule has 138 valence electrons. The second-order valence-electron chi connectivity index (χ2n) is 7.34. The molecule has 0 radical (unpaired) electrons. The van der Waals surface area contributed by atoms with Crippen molar-refractivity contribution in [2.24, 2.45) is 5.92 Å². The molecule has 2 saturated heterocycles. The lowest BCUT2D eigenvalue weighted by Gasteiger charge is -2.30. The highest BCUT2D eigenvalue weighted by molar-refractivity contribution is 7.89. The summed E-state index contributed by atoms with van der Waals surface area (Å²) in [6.07, 6.45) is 6.33. The summed E-state index contributed by atoms with van der Waals surface area (Å²) in [7, 11) is -3.53. The van der Waals surface area contributed by atoms with Gasteiger partial charge in [0.2, 0.25) is 10.0 Å². The molecule has 0 bridgehead atoms. The van der Waals surface area contributed by atoms with Crippen molar-refractivity contribution in [1.29, 1.82) is 0 Å². The van der Waals surface area contributed by atoms with Crippen LogP contribution in [0.25, 0.3) is 0 Å². The minimum absolute atomic E-state index is 0.0500. The summed E-state index contributed by atoms with van der Waals surface area (Å²) in [5.74, 6) is 0.330. The van der Waals surface area contributed by atoms with Gasteiger partial charge in [-0.05, 0) is 49.8 Å². The molecule has 2 aliphatic rings. The van der Waals surface area contributed by atoms with Gasteiger partial charge in [0.1, 0.15) is 0 Å². The Morgan fingerprint density at radius 2 is 1.76 bits per heavy atom. The Labute approximate surface area is 151 Å². The van der Waals surface area contributed by atoms with Gasteiger partial charge < -0.3 is 4.90 Å². The van der Waals surface area contributed by atoms with E-state index in [1.807, 2.05) is 4.90 Å². The summed E-state index contributed by atoms with van der Waals surface area (Å²) in [5.41, 5.74) is 0.480. The number of benzene rings is 1. The number of piperidine rings is 1. The molecule has 0 saturated carbocycles. The van der Waals surface area contributed by atoms with Gasteiger partial charge in [0.25, 0.3) is 5.91 Å². The molecule has 2 heterocycles. The van der Waals surface area contributed by atoms with Crippen molar-refractivity contribution in [1.82, 2.24) is 9.21 Å². The number of nitrogens with zero attached hydrogens (tertiary/aromatic N) is 2. The Kier molecular flexibility index (Phi) is 5.79. The van der Waals surface area contributed by atoms with Crippen LogP contribution in [-0.2, 0) is 10.0 Å². The van der Waals surface area contributed by atoms with Crippen LogP contribution in [0.5, 0.6) is 0 Å². The van der Waals surface area contributed by atoms with Gasteiger partial charge in [-0.15, -0.1) is 0 Å². The average Bonchev–Trinajstić information content (AvgIpc) is 2.90. The van der Waals surface area contributed by atoms with Crippen LogP contribution >= 0.6 is 0 Å². The molecule has 1 unspecified atom stereocenters. The highest BCUT2D eigenvalue weighted by atomic mass is 32.2. The van der Waals surface area contributed by atoms with E-state index in [1.165, 1.54) is 0 Å². The Morgan fingerprint density at radius 1 is 1.04 bits per heavy atom. The van der Waals surface area contributed by atoms with Crippen molar-refractivity contribution in [2.45, 2.75) is 50.3 Å². The van der Waals surface area contributed by atoms with Crippen LogP contribution in [0, 0.1) is 5.92 Å². The number of hydrogen-bond donors (Lipinski definition) is 0. The molecule has 2 fully saturated rings. The molecule has 1 aromatic rings. The van der Waals surface area contributed by atoms with Crippen LogP contribution in [0.4, 0.5) is 0 Å². The smallest absolute Gasteiger partial charge is 0.253 e. The number of likely N-dealkylation sites (tertiary alicyclic amines) is 1. The second-order valence-corrected chi connectivity index (χ2v) is 9.28. The second kappa shape index (κ2) is 7.87. The molecule has 1 atom stereocenters. The predicted octanol–water partition coefficient (Wildman–Crippen LogP) is 3.12. The number of rotatable bonds is 3. The van der Waals surface area contributed by atoms with Crippen molar-refractivity contribution >= 4 is 15.9 Å². The van der Waals surface area contributed by atoms with Gasteiger partial charge in [-0.25, -0.2) is 8.42 Å². The van der Waals surface area contributed by atoms with E-state index in [4.69, 9.17) is 0 Å². The Morgan fingerprint density at radius 3 is 2.44 bits per heavy atom. The topological polar surface area (TPSA) is 57.7 Å². The van der Waals surface area contributed by atoms with Crippen molar-refractivity contribution in [2.75, 3.05) is 26.2 Å². The highest BCUT2D eigenvalue weighted by Gasteiger charge is 2.29. The minimum atomic E-state index is -3.53. The Hall–Kier alpha value is -1.40. The molecule has 2 aliphatic heterocycles. The molecule has 1 amide bonds. The summed E-state index contributed by atoms with van der Waals surface area (Å²) in [5, 5.41) is 0. The predicted molar refractivity (Wildman–Crippen MR) is 98.0 cm³/mol. The third-order valence-electron chi connectivity index (χ3n) is 5.23. The van der Waals surface area contributed by atoms with E-state index in [0.717, 1.165) is 51.6 Å². The number of amides is 1. The largest absolute Gasteiger partial charge is 0.339 e. The zero-order chi connectivity index (χ0) is 17.9. The van der Waals surface area contributed by atoms with Crippen LogP contribution in [0.3, 0.4) is 0 Å². The fourth-order valence-corrected chi connectivity index (χ4v) is 5.40. The van der Waals surface area contributed by atoms with E-state index in [1.54, 1.807) is 28.6 Å². The molecule has 0 aliphatic carbocycles. The monoisotopic (exact) mass is 364 g/mol. The summed E-state index contributed by atoms with van der Waals surface area (Å²) in [6.45, 7) is 4.74. The quantitative estimate of drug-likeness (QED) is 0.828. The first-order valence-electron chi connectivity index (χ1n) is 9.38. The average molecular weight is 365 g/mol. The van der Waals surface area contributed by atoms with Crippen LogP contribution in [0.15, 0.2) is 29.2 Å². The Bertz CT molecular complexity index is 709. The number of sulfonamides is 1. The zero-order valence-corrected chi connectivity index (χ0v) is 15.8. The lowest BCUT2D eigenvalue weighted by Crippen LogP contribution is -2.39. The van der Waals surface area contributed by atoms with Gasteiger partial charge in [-0.3, -0.25) is 4.79 Å². The molecular formula is C19H28N2O3S. The van der Waals surface area contributed by atoms with Crippen molar-refractivity contribution in [3.63, 3.8) is 0 Å². The molecule has 3 rings (SSSR count). The van der Waals surface area contributed by atoms with Crippen LogP contribution in [-0.4, -0.2) is 49.7 Å². The lowest BCUT2D eigenvalue weighted by atomic mass is 10.0. The third-order valence-corrected chi connectivity index (χ3v) is 7.09. The number of carbonyl (C=O) groups is 1. The van der Waals surface area contributed by atoms with Gasteiger partial charge in [0, 0.05) is 31.7 Å². The van der Waals surface area contributed by atoms with E-state index in [-0.39, 0.29) is 10.8 Å². The standard InChI is InChI=1S/C19H28N2O3S/c1-16-8-7-13-21(15-16)25(23,24)18-10-6-9-17(14-18)19(22)20-11-4-2-3-5-12-20/h6,9-10,14,16H,2-5,7-8,11-13,15H2,1H3. The first kappa shape index (κ1) is 18.4. The van der Waals surface area contributed by atoms with E-state index >= 15 is 0 Å². The van der Waals surface area contributed by atoms with Crippen LogP contribution < -0.4 is 0 Å². The fourth-order valence-electron chi connectivity index (χ4n) is 3.76. The van der Waals surface area contributed by atoms with E-state index in [2.05, 4.69) is 6.92 Å². The molecule has 25 heavy (non-hydrogen) atoms. The maximum atomic E-state index is 12.9. The van der Waals surface area contributed by atoms with Gasteiger partial charge in [-0.2, -0.15) is 4.31 Å². The van der Waals surface area contributed by atoms with E-state index in [0.29, 0.717) is 24.6 Å². The third kappa shape index (κ3) is 4.23. The number of hydrogen-bond acceptors (Lipinski definition) is 3. The van der Waals surface area contributed by atoms with Crippen molar-refractivity contribution in [3.8, 4) is 0 Å². The molecule has 6 heteroatoms. The van der Waals surface area contributed by atoms with Gasteiger partial charge >= 0.3 is 0 Å². The highest BCUT2D eigenvalue weighted by Crippen LogP contribution is 2.24. The minimum Gasteiger partial charge on any atom is -0.339 e.